The molecule has 2 aromatic rings. The highest BCUT2D eigenvalue weighted by Crippen LogP contribution is 2.32. The fourth-order valence-electron chi connectivity index (χ4n) is 2.94. The van der Waals surface area contributed by atoms with Crippen molar-refractivity contribution in [2.45, 2.75) is 19.9 Å². The normalized spacial score (nSPS) is 19.9. The van der Waals surface area contributed by atoms with E-state index in [1.165, 1.54) is 0 Å². The number of ether oxygens (including phenoxy) is 1. The van der Waals surface area contributed by atoms with Crippen LogP contribution in [0.2, 0.25) is 0 Å². The average Bonchev–Trinajstić information content (AvgIpc) is 2.97. The summed E-state index contributed by atoms with van der Waals surface area (Å²) in [6, 6.07) is 8.63. The lowest BCUT2D eigenvalue weighted by Gasteiger charge is -2.32. The molecule has 0 spiro atoms. The second-order valence-corrected chi connectivity index (χ2v) is 5.78. The molecule has 2 heterocycles. The van der Waals surface area contributed by atoms with Gasteiger partial charge in [-0.05, 0) is 26.0 Å². The van der Waals surface area contributed by atoms with Crippen LogP contribution >= 0.6 is 0 Å². The van der Waals surface area contributed by atoms with Crippen molar-refractivity contribution in [1.82, 2.24) is 20.4 Å². The highest BCUT2D eigenvalue weighted by molar-refractivity contribution is 5.85. The van der Waals surface area contributed by atoms with Gasteiger partial charge in [0.05, 0.1) is 24.0 Å². The van der Waals surface area contributed by atoms with Gasteiger partial charge < -0.3 is 15.4 Å². The number of hydrogen-bond donors (Lipinski definition) is 2. The van der Waals surface area contributed by atoms with Crippen LogP contribution in [0.15, 0.2) is 48.8 Å². The number of carbonyl (C=O) groups is 2. The van der Waals surface area contributed by atoms with Crippen molar-refractivity contribution in [3.05, 3.63) is 60.1 Å². The fourth-order valence-corrected chi connectivity index (χ4v) is 2.94. The van der Waals surface area contributed by atoms with Gasteiger partial charge in [0.2, 0.25) is 0 Å². The summed E-state index contributed by atoms with van der Waals surface area (Å²) in [7, 11) is 0. The van der Waals surface area contributed by atoms with Gasteiger partial charge in [-0.1, -0.05) is 24.8 Å². The van der Waals surface area contributed by atoms with Crippen molar-refractivity contribution >= 4 is 12.0 Å². The minimum atomic E-state index is -0.718. The molecule has 1 aliphatic rings. The molecular formula is C18H20N4O3. The van der Waals surface area contributed by atoms with Crippen molar-refractivity contribution in [2.24, 2.45) is 5.92 Å². The van der Waals surface area contributed by atoms with Gasteiger partial charge in [-0.3, -0.25) is 4.79 Å². The molecule has 2 N–H and O–H groups in total. The predicted octanol–water partition coefficient (Wildman–Crippen LogP) is 2.23. The molecule has 7 nitrogen and oxygen atoms in total. The third-order valence-corrected chi connectivity index (χ3v) is 4.10. The minimum absolute atomic E-state index is 0.255. The first-order chi connectivity index (χ1) is 12.0. The van der Waals surface area contributed by atoms with Gasteiger partial charge in [0.15, 0.2) is 0 Å². The highest BCUT2D eigenvalue weighted by atomic mass is 16.5. The SMILES string of the molecule is C=C1NC(=O)N[C@@H](c2cn(-c3ccccc3)nc2C)[C@@H]1C(=O)OCC. The molecule has 1 aliphatic heterocycles. The molecule has 0 saturated carbocycles. The van der Waals surface area contributed by atoms with Crippen LogP contribution in [0.25, 0.3) is 5.69 Å². The molecule has 1 saturated heterocycles. The second kappa shape index (κ2) is 6.80. The van der Waals surface area contributed by atoms with Gasteiger partial charge in [0.1, 0.15) is 5.92 Å². The molecule has 0 aliphatic carbocycles. The summed E-state index contributed by atoms with van der Waals surface area (Å²) in [6.45, 7) is 7.66. The summed E-state index contributed by atoms with van der Waals surface area (Å²) in [4.78, 5) is 24.3. The van der Waals surface area contributed by atoms with Crippen LogP contribution in [0.3, 0.4) is 0 Å². The maximum Gasteiger partial charge on any atom is 0.319 e. The molecule has 1 aromatic heterocycles. The molecule has 1 fully saturated rings. The zero-order valence-corrected chi connectivity index (χ0v) is 14.2. The first kappa shape index (κ1) is 16.8. The summed E-state index contributed by atoms with van der Waals surface area (Å²) in [5.74, 6) is -1.15. The van der Waals surface area contributed by atoms with E-state index in [-0.39, 0.29) is 6.61 Å². The number of benzene rings is 1. The van der Waals surface area contributed by atoms with Crippen LogP contribution in [0, 0.1) is 12.8 Å². The van der Waals surface area contributed by atoms with Crippen LogP contribution in [0.5, 0.6) is 0 Å². The van der Waals surface area contributed by atoms with Crippen molar-refractivity contribution in [2.75, 3.05) is 6.61 Å². The lowest BCUT2D eigenvalue weighted by atomic mass is 9.89. The van der Waals surface area contributed by atoms with E-state index in [1.807, 2.05) is 43.5 Å². The van der Waals surface area contributed by atoms with Crippen LogP contribution in [-0.4, -0.2) is 28.4 Å². The van der Waals surface area contributed by atoms with Crippen LogP contribution < -0.4 is 10.6 Å². The Hall–Kier alpha value is -3.09. The summed E-state index contributed by atoms with van der Waals surface area (Å²) in [5, 5.41) is 9.86. The molecule has 130 valence electrons. The summed E-state index contributed by atoms with van der Waals surface area (Å²) >= 11 is 0. The van der Waals surface area contributed by atoms with Crippen molar-refractivity contribution in [3.63, 3.8) is 0 Å². The molecule has 3 rings (SSSR count). The number of para-hydroxylation sites is 1. The lowest BCUT2D eigenvalue weighted by Crippen LogP contribution is -2.51. The van der Waals surface area contributed by atoms with E-state index >= 15 is 0 Å². The lowest BCUT2D eigenvalue weighted by molar-refractivity contribution is -0.147. The van der Waals surface area contributed by atoms with E-state index in [0.29, 0.717) is 5.70 Å². The second-order valence-electron chi connectivity index (χ2n) is 5.78. The highest BCUT2D eigenvalue weighted by Gasteiger charge is 2.40. The number of aromatic nitrogens is 2. The standard InChI is InChI=1S/C18H20N4O3/c1-4-25-17(23)15-12(3)19-18(24)20-16(15)14-10-22(21-11(14)2)13-8-6-5-7-9-13/h5-10,15-16H,3-4H2,1-2H3,(H2,19,20,24)/t15-,16+/m1/s1. The van der Waals surface area contributed by atoms with E-state index in [0.717, 1.165) is 16.9 Å². The van der Waals surface area contributed by atoms with Crippen LogP contribution in [0.4, 0.5) is 4.79 Å². The van der Waals surface area contributed by atoms with E-state index in [1.54, 1.807) is 11.6 Å². The average molecular weight is 340 g/mol. The molecular weight excluding hydrogens is 320 g/mol. The number of nitrogens with zero attached hydrogens (tertiary/aromatic N) is 2. The number of aryl methyl sites for hydroxylation is 1. The van der Waals surface area contributed by atoms with Gasteiger partial charge in [-0.2, -0.15) is 5.10 Å². The quantitative estimate of drug-likeness (QED) is 0.836. The van der Waals surface area contributed by atoms with E-state index in [4.69, 9.17) is 4.74 Å². The van der Waals surface area contributed by atoms with Gasteiger partial charge in [-0.15, -0.1) is 0 Å². The van der Waals surface area contributed by atoms with Crippen LogP contribution in [0.1, 0.15) is 24.2 Å². The first-order valence-electron chi connectivity index (χ1n) is 8.05. The Morgan fingerprint density at radius 2 is 2.08 bits per heavy atom. The molecule has 0 unspecified atom stereocenters. The Morgan fingerprint density at radius 3 is 2.76 bits per heavy atom. The van der Waals surface area contributed by atoms with Crippen molar-refractivity contribution in [3.8, 4) is 5.69 Å². The zero-order valence-electron chi connectivity index (χ0n) is 14.2. The Kier molecular flexibility index (Phi) is 4.56. The summed E-state index contributed by atoms with van der Waals surface area (Å²) in [5.41, 5.74) is 2.68. The number of urea groups is 1. The largest absolute Gasteiger partial charge is 0.465 e. The summed E-state index contributed by atoms with van der Waals surface area (Å²) in [6.07, 6.45) is 1.82. The van der Waals surface area contributed by atoms with E-state index in [9.17, 15) is 9.59 Å². The van der Waals surface area contributed by atoms with Crippen molar-refractivity contribution in [1.29, 1.82) is 0 Å². The molecule has 7 heteroatoms. The van der Waals surface area contributed by atoms with Crippen LogP contribution in [-0.2, 0) is 9.53 Å². The van der Waals surface area contributed by atoms with Gasteiger partial charge in [0, 0.05) is 17.5 Å². The molecule has 2 amide bonds. The summed E-state index contributed by atoms with van der Waals surface area (Å²) < 4.78 is 6.88. The monoisotopic (exact) mass is 340 g/mol. The van der Waals surface area contributed by atoms with Gasteiger partial charge >= 0.3 is 12.0 Å². The number of rotatable bonds is 4. The fraction of sp³-hybridized carbons (Fsp3) is 0.278. The number of esters is 1. The topological polar surface area (TPSA) is 85.3 Å². The zero-order chi connectivity index (χ0) is 18.0. The number of carbonyl (C=O) groups excluding carboxylic acids is 2. The maximum atomic E-state index is 12.4. The first-order valence-corrected chi connectivity index (χ1v) is 8.05. The van der Waals surface area contributed by atoms with Gasteiger partial charge in [-0.25, -0.2) is 9.48 Å². The molecule has 2 atom stereocenters. The van der Waals surface area contributed by atoms with Crippen molar-refractivity contribution < 1.29 is 14.3 Å². The third-order valence-electron chi connectivity index (χ3n) is 4.10. The number of amides is 2. The molecule has 1 aromatic carbocycles. The molecule has 0 radical (unpaired) electrons. The van der Waals surface area contributed by atoms with E-state index in [2.05, 4.69) is 22.3 Å². The Morgan fingerprint density at radius 1 is 1.36 bits per heavy atom. The van der Waals surface area contributed by atoms with Gasteiger partial charge in [0.25, 0.3) is 0 Å². The predicted molar refractivity (Wildman–Crippen MR) is 92.0 cm³/mol. The Bertz CT molecular complexity index is 813. The minimum Gasteiger partial charge on any atom is -0.465 e. The Labute approximate surface area is 145 Å². The number of hydrogen-bond acceptors (Lipinski definition) is 4. The molecule has 25 heavy (non-hydrogen) atoms. The Balaban J connectivity index is 2.00. The van der Waals surface area contributed by atoms with E-state index < -0.39 is 24.0 Å². The third kappa shape index (κ3) is 3.26. The number of nitrogens with one attached hydrogen (secondary N) is 2. The smallest absolute Gasteiger partial charge is 0.319 e. The molecule has 0 bridgehead atoms. The maximum absolute atomic E-state index is 12.4.